The van der Waals surface area contributed by atoms with Gasteiger partial charge < -0.3 is 16.0 Å². The van der Waals surface area contributed by atoms with Crippen molar-refractivity contribution in [2.24, 2.45) is 10.7 Å². The first kappa shape index (κ1) is 20.2. The molecule has 0 spiro atoms. The number of anilines is 1. The first-order valence-electron chi connectivity index (χ1n) is 8.52. The van der Waals surface area contributed by atoms with Crippen LogP contribution < -0.4 is 11.1 Å². The SMILES string of the molecule is CN(C)C(CN=C(N)Nc1cccc2c1CCCC2)c1cccs1.I. The third-order valence-electron chi connectivity index (χ3n) is 4.59. The number of nitrogens with zero attached hydrogens (tertiary/aromatic N) is 2. The minimum atomic E-state index is 0. The van der Waals surface area contributed by atoms with Crippen LogP contribution in [-0.4, -0.2) is 31.5 Å². The fourth-order valence-electron chi connectivity index (χ4n) is 3.25. The summed E-state index contributed by atoms with van der Waals surface area (Å²) in [7, 11) is 4.16. The van der Waals surface area contributed by atoms with Crippen LogP contribution in [0.5, 0.6) is 0 Å². The Balaban J connectivity index is 0.00000225. The minimum absolute atomic E-state index is 0. The van der Waals surface area contributed by atoms with Gasteiger partial charge in [0.15, 0.2) is 5.96 Å². The summed E-state index contributed by atoms with van der Waals surface area (Å²) in [6.07, 6.45) is 4.83. The van der Waals surface area contributed by atoms with E-state index in [1.807, 2.05) is 0 Å². The number of nitrogens with two attached hydrogens (primary N) is 1. The summed E-state index contributed by atoms with van der Waals surface area (Å²) in [5, 5.41) is 5.43. The first-order valence-corrected chi connectivity index (χ1v) is 9.40. The van der Waals surface area contributed by atoms with Crippen molar-refractivity contribution < 1.29 is 0 Å². The molecule has 0 amide bonds. The third kappa shape index (κ3) is 5.18. The lowest BCUT2D eigenvalue weighted by atomic mass is 9.90. The number of fused-ring (bicyclic) bond motifs is 1. The van der Waals surface area contributed by atoms with Crippen LogP contribution in [0, 0.1) is 0 Å². The Hall–Kier alpha value is -1.12. The van der Waals surface area contributed by atoms with Crippen molar-refractivity contribution in [3.05, 3.63) is 51.7 Å². The summed E-state index contributed by atoms with van der Waals surface area (Å²) < 4.78 is 0. The predicted molar refractivity (Wildman–Crippen MR) is 119 cm³/mol. The highest BCUT2D eigenvalue weighted by molar-refractivity contribution is 14.0. The lowest BCUT2D eigenvalue weighted by molar-refractivity contribution is 0.311. The Labute approximate surface area is 171 Å². The Morgan fingerprint density at radius 2 is 2.04 bits per heavy atom. The van der Waals surface area contributed by atoms with E-state index >= 15 is 0 Å². The van der Waals surface area contributed by atoms with E-state index in [4.69, 9.17) is 5.73 Å². The highest BCUT2D eigenvalue weighted by Crippen LogP contribution is 2.28. The zero-order chi connectivity index (χ0) is 16.9. The molecule has 1 unspecified atom stereocenters. The number of guanidine groups is 1. The van der Waals surface area contributed by atoms with Gasteiger partial charge >= 0.3 is 0 Å². The van der Waals surface area contributed by atoms with Crippen molar-refractivity contribution in [2.45, 2.75) is 31.7 Å². The summed E-state index contributed by atoms with van der Waals surface area (Å²) in [6.45, 7) is 0.654. The van der Waals surface area contributed by atoms with Crippen molar-refractivity contribution in [1.82, 2.24) is 4.90 Å². The molecule has 1 heterocycles. The average Bonchev–Trinajstić information content (AvgIpc) is 3.09. The minimum Gasteiger partial charge on any atom is -0.370 e. The van der Waals surface area contributed by atoms with E-state index in [1.54, 1.807) is 11.3 Å². The van der Waals surface area contributed by atoms with Crippen LogP contribution in [0.4, 0.5) is 5.69 Å². The number of hydrogen-bond donors (Lipinski definition) is 2. The quantitative estimate of drug-likeness (QED) is 0.390. The number of benzene rings is 1. The van der Waals surface area contributed by atoms with Gasteiger partial charge in [-0.1, -0.05) is 18.2 Å². The van der Waals surface area contributed by atoms with Gasteiger partial charge in [-0.2, -0.15) is 0 Å². The molecular formula is C19H27IN4S. The van der Waals surface area contributed by atoms with Crippen molar-refractivity contribution in [1.29, 1.82) is 0 Å². The van der Waals surface area contributed by atoms with Gasteiger partial charge in [-0.25, -0.2) is 0 Å². The zero-order valence-corrected chi connectivity index (χ0v) is 18.0. The van der Waals surface area contributed by atoms with Crippen LogP contribution in [0.2, 0.25) is 0 Å². The molecule has 25 heavy (non-hydrogen) atoms. The van der Waals surface area contributed by atoms with Gasteiger partial charge in [0.05, 0.1) is 12.6 Å². The summed E-state index contributed by atoms with van der Waals surface area (Å²) >= 11 is 1.76. The zero-order valence-electron chi connectivity index (χ0n) is 14.9. The van der Waals surface area contributed by atoms with E-state index in [9.17, 15) is 0 Å². The highest BCUT2D eigenvalue weighted by Gasteiger charge is 2.16. The monoisotopic (exact) mass is 470 g/mol. The average molecular weight is 470 g/mol. The van der Waals surface area contributed by atoms with Gasteiger partial charge in [-0.3, -0.25) is 4.99 Å². The van der Waals surface area contributed by atoms with Crippen LogP contribution in [0.3, 0.4) is 0 Å². The van der Waals surface area contributed by atoms with Gasteiger partial charge in [0.25, 0.3) is 0 Å². The fourth-order valence-corrected chi connectivity index (χ4v) is 4.16. The van der Waals surface area contributed by atoms with Crippen molar-refractivity contribution >= 4 is 47.0 Å². The van der Waals surface area contributed by atoms with E-state index in [0.717, 1.165) is 12.1 Å². The number of rotatable bonds is 5. The van der Waals surface area contributed by atoms with E-state index in [0.29, 0.717) is 12.5 Å². The van der Waals surface area contributed by atoms with Crippen LogP contribution in [0.15, 0.2) is 40.7 Å². The molecule has 0 saturated carbocycles. The molecule has 136 valence electrons. The van der Waals surface area contributed by atoms with Crippen LogP contribution in [0.1, 0.15) is 34.9 Å². The Morgan fingerprint density at radius 3 is 2.76 bits per heavy atom. The summed E-state index contributed by atoms with van der Waals surface area (Å²) in [6, 6.07) is 10.9. The Kier molecular flexibility index (Phi) is 7.71. The molecule has 1 aromatic carbocycles. The molecule has 0 radical (unpaired) electrons. The van der Waals surface area contributed by atoms with Gasteiger partial charge in [0, 0.05) is 10.6 Å². The number of hydrogen-bond acceptors (Lipinski definition) is 3. The lowest BCUT2D eigenvalue weighted by Crippen LogP contribution is -2.27. The van der Waals surface area contributed by atoms with E-state index < -0.39 is 0 Å². The summed E-state index contributed by atoms with van der Waals surface area (Å²) in [4.78, 5) is 8.10. The maximum atomic E-state index is 6.16. The molecule has 3 N–H and O–H groups in total. The Bertz CT molecular complexity index is 697. The molecule has 3 rings (SSSR count). The maximum Gasteiger partial charge on any atom is 0.193 e. The normalized spacial score (nSPS) is 15.4. The largest absolute Gasteiger partial charge is 0.370 e. The molecule has 1 aliphatic rings. The van der Waals surface area contributed by atoms with Gasteiger partial charge in [-0.15, -0.1) is 35.3 Å². The van der Waals surface area contributed by atoms with Crippen molar-refractivity contribution in [3.63, 3.8) is 0 Å². The topological polar surface area (TPSA) is 53.6 Å². The molecular weight excluding hydrogens is 443 g/mol. The van der Waals surface area contributed by atoms with E-state index in [-0.39, 0.29) is 30.0 Å². The van der Waals surface area contributed by atoms with Crippen molar-refractivity contribution in [3.8, 4) is 0 Å². The second kappa shape index (κ2) is 9.54. The molecule has 0 aliphatic heterocycles. The second-order valence-electron chi connectivity index (χ2n) is 6.50. The summed E-state index contributed by atoms with van der Waals surface area (Å²) in [5.41, 5.74) is 10.1. The number of halogens is 1. The van der Waals surface area contributed by atoms with Gasteiger partial charge in [-0.05, 0) is 68.4 Å². The number of nitrogens with one attached hydrogen (secondary N) is 1. The molecule has 6 heteroatoms. The predicted octanol–water partition coefficient (Wildman–Crippen LogP) is 4.27. The van der Waals surface area contributed by atoms with E-state index in [1.165, 1.54) is 35.3 Å². The first-order chi connectivity index (χ1) is 11.6. The number of thiophene rings is 1. The molecule has 1 aliphatic carbocycles. The van der Waals surface area contributed by atoms with Gasteiger partial charge in [0.1, 0.15) is 0 Å². The van der Waals surface area contributed by atoms with Gasteiger partial charge in [0.2, 0.25) is 0 Å². The molecule has 2 aromatic rings. The van der Waals surface area contributed by atoms with E-state index in [2.05, 4.69) is 65.0 Å². The molecule has 0 fully saturated rings. The lowest BCUT2D eigenvalue weighted by Gasteiger charge is -2.22. The number of likely N-dealkylation sites (N-methyl/N-ethyl adjacent to an activating group) is 1. The van der Waals surface area contributed by atoms with Crippen LogP contribution in [-0.2, 0) is 12.8 Å². The Morgan fingerprint density at radius 1 is 1.24 bits per heavy atom. The number of aryl methyl sites for hydroxylation is 1. The summed E-state index contributed by atoms with van der Waals surface area (Å²) in [5.74, 6) is 0.498. The number of aliphatic imine (C=N–C) groups is 1. The van der Waals surface area contributed by atoms with Crippen LogP contribution >= 0.6 is 35.3 Å². The smallest absolute Gasteiger partial charge is 0.193 e. The second-order valence-corrected chi connectivity index (χ2v) is 7.48. The highest BCUT2D eigenvalue weighted by atomic mass is 127. The third-order valence-corrected chi connectivity index (χ3v) is 5.56. The molecule has 1 atom stereocenters. The fraction of sp³-hybridized carbons (Fsp3) is 0.421. The maximum absolute atomic E-state index is 6.16. The van der Waals surface area contributed by atoms with Crippen LogP contribution in [0.25, 0.3) is 0 Å². The molecule has 0 saturated heterocycles. The molecule has 4 nitrogen and oxygen atoms in total. The molecule has 0 bridgehead atoms. The van der Waals surface area contributed by atoms with Crippen molar-refractivity contribution in [2.75, 3.05) is 26.0 Å². The standard InChI is InChI=1S/C19H26N4S.HI/c1-23(2)17(18-11-6-12-24-18)13-21-19(20)22-16-10-5-8-14-7-3-4-9-15(14)16;/h5-6,8,10-12,17H,3-4,7,9,13H2,1-2H3,(H3,20,21,22);1H. The molecule has 1 aromatic heterocycles.